The van der Waals surface area contributed by atoms with Crippen molar-refractivity contribution in [2.45, 2.75) is 6.10 Å². The lowest BCUT2D eigenvalue weighted by Gasteiger charge is -2.08. The summed E-state index contributed by atoms with van der Waals surface area (Å²) in [6, 6.07) is 0. The van der Waals surface area contributed by atoms with Crippen molar-refractivity contribution in [3.63, 3.8) is 0 Å². The number of carbonyl (C=O) groups excluding carboxylic acids is 1. The molecule has 0 saturated carbocycles. The highest BCUT2D eigenvalue weighted by molar-refractivity contribution is 7.09. The first-order valence-corrected chi connectivity index (χ1v) is 4.41. The van der Waals surface area contributed by atoms with Crippen LogP contribution in [0.3, 0.4) is 0 Å². The van der Waals surface area contributed by atoms with E-state index in [-0.39, 0.29) is 6.54 Å². The molecule has 0 aromatic carbocycles. The molecular weight excluding hydrogens is 192 g/mol. The van der Waals surface area contributed by atoms with Crippen molar-refractivity contribution in [3.8, 4) is 0 Å². The van der Waals surface area contributed by atoms with Crippen molar-refractivity contribution in [1.29, 1.82) is 0 Å². The molecule has 0 aliphatic heterocycles. The minimum absolute atomic E-state index is 0.134. The summed E-state index contributed by atoms with van der Waals surface area (Å²) in [4.78, 5) is 14.7. The molecule has 1 unspecified atom stereocenters. The van der Waals surface area contributed by atoms with E-state index in [4.69, 9.17) is 0 Å². The quantitative estimate of drug-likeness (QED) is 0.586. The molecule has 1 aromatic rings. The van der Waals surface area contributed by atoms with E-state index in [1.54, 1.807) is 0 Å². The Labute approximate surface area is 79.2 Å². The number of nitrogens with zero attached hydrogens (tertiary/aromatic N) is 2. The number of rotatable bonds is 4. The van der Waals surface area contributed by atoms with Gasteiger partial charge in [-0.2, -0.15) is 4.37 Å². The number of amides is 1. The van der Waals surface area contributed by atoms with Gasteiger partial charge in [-0.25, -0.2) is 4.98 Å². The summed E-state index contributed by atoms with van der Waals surface area (Å²) < 4.78 is 3.75. The molecule has 0 saturated heterocycles. The van der Waals surface area contributed by atoms with Gasteiger partial charge in [0.1, 0.15) is 12.4 Å². The van der Waals surface area contributed by atoms with Crippen molar-refractivity contribution in [2.24, 2.45) is 0 Å². The lowest BCUT2D eigenvalue weighted by molar-refractivity contribution is -0.128. The van der Waals surface area contributed by atoms with E-state index in [2.05, 4.69) is 20.0 Å². The summed E-state index contributed by atoms with van der Waals surface area (Å²) >= 11 is 1.17. The zero-order valence-corrected chi connectivity index (χ0v) is 7.84. The van der Waals surface area contributed by atoms with Crippen molar-refractivity contribution in [3.05, 3.63) is 6.33 Å². The Morgan fingerprint density at radius 1 is 1.85 bits per heavy atom. The monoisotopic (exact) mass is 202 g/mol. The van der Waals surface area contributed by atoms with Gasteiger partial charge in [-0.15, -0.1) is 0 Å². The molecule has 1 amide bonds. The zero-order chi connectivity index (χ0) is 9.68. The van der Waals surface area contributed by atoms with E-state index >= 15 is 0 Å². The van der Waals surface area contributed by atoms with Crippen molar-refractivity contribution in [2.75, 3.05) is 18.9 Å². The Morgan fingerprint density at radius 3 is 3.15 bits per heavy atom. The van der Waals surface area contributed by atoms with Crippen LogP contribution in [0.25, 0.3) is 0 Å². The minimum Gasteiger partial charge on any atom is -0.381 e. The van der Waals surface area contributed by atoms with Crippen LogP contribution >= 0.6 is 11.5 Å². The van der Waals surface area contributed by atoms with Crippen LogP contribution in [0, 0.1) is 0 Å². The Morgan fingerprint density at radius 2 is 2.62 bits per heavy atom. The largest absolute Gasteiger partial charge is 0.381 e. The van der Waals surface area contributed by atoms with Crippen LogP contribution in [0.1, 0.15) is 0 Å². The summed E-state index contributed by atoms with van der Waals surface area (Å²) in [5.41, 5.74) is 0. The fraction of sp³-hybridized carbons (Fsp3) is 0.500. The smallest absolute Gasteiger partial charge is 0.250 e. The van der Waals surface area contributed by atoms with E-state index in [0.717, 1.165) is 0 Å². The van der Waals surface area contributed by atoms with Gasteiger partial charge in [0, 0.05) is 18.6 Å². The van der Waals surface area contributed by atoms with Gasteiger partial charge in [-0.05, 0) is 0 Å². The second-order valence-electron chi connectivity index (χ2n) is 2.26. The number of aromatic nitrogens is 2. The molecule has 3 N–H and O–H groups in total. The van der Waals surface area contributed by atoms with Crippen LogP contribution in [-0.2, 0) is 4.79 Å². The highest BCUT2D eigenvalue weighted by atomic mass is 32.1. The Bertz CT molecular complexity index is 264. The molecule has 1 heterocycles. The summed E-state index contributed by atoms with van der Waals surface area (Å²) in [6.45, 7) is 0.134. The highest BCUT2D eigenvalue weighted by Gasteiger charge is 2.12. The van der Waals surface area contributed by atoms with E-state index in [1.807, 2.05) is 0 Å². The van der Waals surface area contributed by atoms with Crippen LogP contribution in [0.15, 0.2) is 6.33 Å². The SMILES string of the molecule is CNC(=O)C(O)CNc1ncns1. The number of hydrogen-bond donors (Lipinski definition) is 3. The third-order valence-corrected chi connectivity index (χ3v) is 1.98. The first-order chi connectivity index (χ1) is 6.24. The molecule has 13 heavy (non-hydrogen) atoms. The van der Waals surface area contributed by atoms with Crippen LogP contribution < -0.4 is 10.6 Å². The third-order valence-electron chi connectivity index (χ3n) is 1.36. The Hall–Kier alpha value is -1.21. The average Bonchev–Trinajstić information content (AvgIpc) is 2.65. The average molecular weight is 202 g/mol. The second kappa shape index (κ2) is 4.73. The molecule has 0 bridgehead atoms. The summed E-state index contributed by atoms with van der Waals surface area (Å²) in [7, 11) is 1.47. The van der Waals surface area contributed by atoms with Crippen LogP contribution in [0.5, 0.6) is 0 Å². The highest BCUT2D eigenvalue weighted by Crippen LogP contribution is 2.05. The van der Waals surface area contributed by atoms with E-state index in [1.165, 1.54) is 24.9 Å². The number of hydrogen-bond acceptors (Lipinski definition) is 6. The third kappa shape index (κ3) is 2.96. The maximum absolute atomic E-state index is 10.8. The van der Waals surface area contributed by atoms with Gasteiger partial charge < -0.3 is 15.7 Å². The van der Waals surface area contributed by atoms with E-state index in [0.29, 0.717) is 5.13 Å². The molecule has 0 aliphatic rings. The summed E-state index contributed by atoms with van der Waals surface area (Å²) in [6.07, 6.45) is 0.341. The Balaban J connectivity index is 2.30. The standard InChI is InChI=1S/C6H10N4O2S/c1-7-5(12)4(11)2-8-6-9-3-10-13-6/h3-4,11H,2H2,1H3,(H,7,12)(H,8,9,10). The van der Waals surface area contributed by atoms with Crippen molar-refractivity contribution in [1.82, 2.24) is 14.7 Å². The topological polar surface area (TPSA) is 87.1 Å². The summed E-state index contributed by atoms with van der Waals surface area (Å²) in [5, 5.41) is 14.9. The number of carbonyl (C=O) groups is 1. The lowest BCUT2D eigenvalue weighted by atomic mass is 10.3. The lowest BCUT2D eigenvalue weighted by Crippen LogP contribution is -2.36. The summed E-state index contributed by atoms with van der Waals surface area (Å²) in [5.74, 6) is -0.419. The normalized spacial score (nSPS) is 12.2. The molecule has 7 heteroatoms. The zero-order valence-electron chi connectivity index (χ0n) is 7.02. The minimum atomic E-state index is -1.06. The number of anilines is 1. The molecule has 0 spiro atoms. The van der Waals surface area contributed by atoms with Crippen LogP contribution in [-0.4, -0.2) is 40.1 Å². The van der Waals surface area contributed by atoms with Gasteiger partial charge in [0.15, 0.2) is 0 Å². The van der Waals surface area contributed by atoms with Gasteiger partial charge in [0.05, 0.1) is 6.54 Å². The first kappa shape index (κ1) is 9.87. The van der Waals surface area contributed by atoms with Gasteiger partial charge >= 0.3 is 0 Å². The Kier molecular flexibility index (Phi) is 3.59. The van der Waals surface area contributed by atoms with Crippen molar-refractivity contribution < 1.29 is 9.90 Å². The molecule has 0 fully saturated rings. The van der Waals surface area contributed by atoms with E-state index in [9.17, 15) is 9.90 Å². The van der Waals surface area contributed by atoms with Gasteiger partial charge in [0.2, 0.25) is 11.0 Å². The maximum Gasteiger partial charge on any atom is 0.250 e. The van der Waals surface area contributed by atoms with Gasteiger partial charge in [-0.1, -0.05) is 0 Å². The van der Waals surface area contributed by atoms with Gasteiger partial charge in [0.25, 0.3) is 0 Å². The fourth-order valence-corrected chi connectivity index (χ4v) is 1.13. The number of nitrogens with one attached hydrogen (secondary N) is 2. The predicted molar refractivity (Wildman–Crippen MR) is 48.5 cm³/mol. The predicted octanol–water partition coefficient (Wildman–Crippen LogP) is -0.943. The van der Waals surface area contributed by atoms with Crippen molar-refractivity contribution >= 4 is 22.6 Å². The van der Waals surface area contributed by atoms with Gasteiger partial charge in [-0.3, -0.25) is 4.79 Å². The first-order valence-electron chi connectivity index (χ1n) is 3.64. The molecule has 0 radical (unpaired) electrons. The molecule has 72 valence electrons. The fourth-order valence-electron chi connectivity index (χ4n) is 0.694. The number of aliphatic hydroxyl groups is 1. The molecule has 1 rings (SSSR count). The second-order valence-corrected chi connectivity index (χ2v) is 3.04. The molecule has 1 atom stereocenters. The maximum atomic E-state index is 10.8. The molecule has 6 nitrogen and oxygen atoms in total. The number of likely N-dealkylation sites (N-methyl/N-ethyl adjacent to an activating group) is 1. The van der Waals surface area contributed by atoms with Crippen LogP contribution in [0.2, 0.25) is 0 Å². The van der Waals surface area contributed by atoms with E-state index < -0.39 is 12.0 Å². The molecule has 1 aromatic heterocycles. The molecular formula is C6H10N4O2S. The number of aliphatic hydroxyl groups excluding tert-OH is 1. The van der Waals surface area contributed by atoms with Crippen LogP contribution in [0.4, 0.5) is 5.13 Å². The molecule has 0 aliphatic carbocycles.